The number of aromatic nitrogens is 5. The number of pyridine rings is 1. The van der Waals surface area contributed by atoms with Crippen molar-refractivity contribution >= 4 is 87.2 Å². The molecule has 0 bridgehead atoms. The molecule has 0 amide bonds. The summed E-state index contributed by atoms with van der Waals surface area (Å²) in [5.74, 6) is 0. The van der Waals surface area contributed by atoms with Crippen LogP contribution >= 0.6 is 0 Å². The predicted molar refractivity (Wildman–Crippen MR) is 411 cm³/mol. The lowest BCUT2D eigenvalue weighted by Gasteiger charge is -2.26. The van der Waals surface area contributed by atoms with E-state index in [9.17, 15) is 5.26 Å². The Labute approximate surface area is 569 Å². The summed E-state index contributed by atoms with van der Waals surface area (Å²) in [4.78, 5) is 4.65. The van der Waals surface area contributed by atoms with Crippen LogP contribution in [0, 0.1) is 66.7 Å². The average molecular weight is 1260 g/mol. The van der Waals surface area contributed by atoms with Gasteiger partial charge in [0.25, 0.3) is 0 Å². The van der Waals surface area contributed by atoms with Gasteiger partial charge in [-0.3, -0.25) is 4.98 Å². The van der Waals surface area contributed by atoms with E-state index in [1.807, 2.05) is 12.4 Å². The largest absolute Gasteiger partial charge is 0.309 e. The number of aryl methyl sites for hydroxylation is 8. The van der Waals surface area contributed by atoms with Crippen molar-refractivity contribution in [3.63, 3.8) is 0 Å². The molecule has 466 valence electrons. The Balaban J connectivity index is 0.933. The number of benzene rings is 13. The molecule has 0 N–H and O–H groups in total. The first-order valence-corrected chi connectivity index (χ1v) is 33.9. The highest BCUT2D eigenvalue weighted by Crippen LogP contribution is 2.54. The van der Waals surface area contributed by atoms with Crippen LogP contribution in [0.25, 0.3) is 166 Å². The molecule has 98 heavy (non-hydrogen) atoms. The summed E-state index contributed by atoms with van der Waals surface area (Å²) in [6.07, 6.45) is 3.76. The van der Waals surface area contributed by atoms with Gasteiger partial charge in [0.1, 0.15) is 6.07 Å². The normalized spacial score (nSPS) is 11.9. The second-order valence-corrected chi connectivity index (χ2v) is 27.3. The highest BCUT2D eigenvalue weighted by atomic mass is 15.0. The molecule has 18 aromatic rings. The van der Waals surface area contributed by atoms with Gasteiger partial charge in [-0.1, -0.05) is 142 Å². The van der Waals surface area contributed by atoms with Gasteiger partial charge in [-0.15, -0.1) is 0 Å². The zero-order valence-corrected chi connectivity index (χ0v) is 56.1. The minimum absolute atomic E-state index is 0.575. The van der Waals surface area contributed by atoms with Crippen molar-refractivity contribution in [2.24, 2.45) is 0 Å². The molecule has 0 saturated carbocycles. The highest BCUT2D eigenvalue weighted by molar-refractivity contribution is 6.15. The van der Waals surface area contributed by atoms with Crippen LogP contribution in [-0.2, 0) is 0 Å². The zero-order chi connectivity index (χ0) is 66.4. The van der Waals surface area contributed by atoms with Crippen molar-refractivity contribution in [3.05, 3.63) is 317 Å². The average Bonchev–Trinajstić information content (AvgIpc) is 0.953. The Kier molecular flexibility index (Phi) is 13.3. The minimum Gasteiger partial charge on any atom is -0.309 e. The lowest BCUT2D eigenvalue weighted by Crippen LogP contribution is -2.03. The summed E-state index contributed by atoms with van der Waals surface area (Å²) in [6.45, 7) is 17.4. The summed E-state index contributed by atoms with van der Waals surface area (Å²) in [6, 6.07) is 97.7. The number of hydrogen-bond donors (Lipinski definition) is 0. The van der Waals surface area contributed by atoms with Crippen LogP contribution in [0.3, 0.4) is 0 Å². The van der Waals surface area contributed by atoms with E-state index in [1.165, 1.54) is 87.6 Å². The Morgan fingerprint density at radius 2 is 0.408 bits per heavy atom. The van der Waals surface area contributed by atoms with E-state index in [1.54, 1.807) is 0 Å². The minimum atomic E-state index is 0.575. The molecule has 0 saturated heterocycles. The topological polar surface area (TPSA) is 56.4 Å². The molecule has 6 heteroatoms. The molecule has 18 rings (SSSR count). The van der Waals surface area contributed by atoms with Crippen molar-refractivity contribution in [3.8, 4) is 84.5 Å². The quantitative estimate of drug-likeness (QED) is 0.145. The highest BCUT2D eigenvalue weighted by Gasteiger charge is 2.30. The van der Waals surface area contributed by atoms with Crippen LogP contribution in [0.15, 0.2) is 267 Å². The van der Waals surface area contributed by atoms with Crippen LogP contribution in [0.2, 0.25) is 0 Å². The van der Waals surface area contributed by atoms with Gasteiger partial charge in [-0.2, -0.15) is 5.26 Å². The molecule has 0 radical (unpaired) electrons. The molecule has 5 aromatic heterocycles. The molecule has 0 aliphatic rings. The molecule has 0 fully saturated rings. The van der Waals surface area contributed by atoms with Crippen molar-refractivity contribution in [1.29, 1.82) is 5.26 Å². The van der Waals surface area contributed by atoms with Gasteiger partial charge in [-0.25, -0.2) is 0 Å². The summed E-state index contributed by atoms with van der Waals surface area (Å²) < 4.78 is 9.58. The van der Waals surface area contributed by atoms with Gasteiger partial charge in [0.2, 0.25) is 0 Å². The second kappa shape index (κ2) is 22.4. The third kappa shape index (κ3) is 9.18. The lowest BCUT2D eigenvalue weighted by molar-refractivity contribution is 1.18. The maximum Gasteiger partial charge on any atom is 0.100 e. The number of rotatable bonds is 9. The van der Waals surface area contributed by atoms with Crippen molar-refractivity contribution in [2.45, 2.75) is 55.4 Å². The molecule has 5 heterocycles. The lowest BCUT2D eigenvalue weighted by atomic mass is 9.76. The Hall–Kier alpha value is -12.3. The summed E-state index contributed by atoms with van der Waals surface area (Å²) in [5, 5.41) is 22.4. The van der Waals surface area contributed by atoms with Gasteiger partial charge < -0.3 is 18.3 Å². The molecule has 6 nitrogen and oxygen atoms in total. The summed E-state index contributed by atoms with van der Waals surface area (Å²) in [7, 11) is 0. The van der Waals surface area contributed by atoms with E-state index in [0.29, 0.717) is 5.56 Å². The van der Waals surface area contributed by atoms with Gasteiger partial charge in [-0.05, 0) is 258 Å². The zero-order valence-electron chi connectivity index (χ0n) is 56.1. The maximum absolute atomic E-state index is 12.6. The fraction of sp³-hybridized carbons (Fsp3) is 0.0870. The summed E-state index contributed by atoms with van der Waals surface area (Å²) in [5.41, 5.74) is 33.1. The Morgan fingerprint density at radius 3 is 0.612 bits per heavy atom. The number of fused-ring (bicyclic) bond motifs is 12. The number of hydrogen-bond acceptors (Lipinski definition) is 2. The smallest absolute Gasteiger partial charge is 0.100 e. The van der Waals surface area contributed by atoms with Gasteiger partial charge >= 0.3 is 0 Å². The molecular weight excluding hydrogens is 1190 g/mol. The number of nitriles is 1. The molecule has 0 aliphatic heterocycles. The van der Waals surface area contributed by atoms with Crippen LogP contribution in [0.4, 0.5) is 0 Å². The maximum atomic E-state index is 12.6. The molecule has 0 aliphatic carbocycles. The second-order valence-electron chi connectivity index (χ2n) is 27.3. The van der Waals surface area contributed by atoms with Crippen molar-refractivity contribution in [1.82, 2.24) is 23.3 Å². The SMILES string of the molecule is Cc1ccc2c(c1)c1cc(C)ccc1n2-c1ccc(-c2c(C#N)c(-c3ccc(-n4c5ccc(C)cc5c5cc(C)ccc54)cc3)c(-c3ccc(-n4c5ccc(C)cc5c5cc(C)ccc54)cc3)c(-c3ccc(-n4c5ccc(C)cc5c5cc(C)ccc54)cc3)c2-c2ccncc2)cc1. The molecule has 0 spiro atoms. The van der Waals surface area contributed by atoms with Crippen LogP contribution < -0.4 is 0 Å². The molecule has 13 aromatic carbocycles. The first-order chi connectivity index (χ1) is 47.8. The third-order valence-electron chi connectivity index (χ3n) is 20.5. The van der Waals surface area contributed by atoms with Crippen molar-refractivity contribution in [2.75, 3.05) is 0 Å². The van der Waals surface area contributed by atoms with Gasteiger partial charge in [0, 0.05) is 89.4 Å². The van der Waals surface area contributed by atoms with Gasteiger partial charge in [0.15, 0.2) is 0 Å². The standard InChI is InChI=1S/C92H68N6/c1-54-9-33-80-71(45-54)72-46-55(2)10-34-81(72)95(80)67-25-17-62(18-26-67)88-79(53-93)89(63-19-27-68(28-20-63)96-82-35-11-56(3)47-73(82)74-48-57(4)12-36-83(74)96)91(66-41-43-94-44-42-66)92(65-23-31-70(32-24-65)98-86-39-15-60(7)51-77(86)78-52-61(8)16-40-87(78)98)90(88)64-21-29-69(30-22-64)97-84-37-13-58(5)49-75(84)76-50-59(6)14-38-85(76)97/h9-52H,1-8H3. The fourth-order valence-electron chi connectivity index (χ4n) is 16.0. The van der Waals surface area contributed by atoms with E-state index in [-0.39, 0.29) is 0 Å². The summed E-state index contributed by atoms with van der Waals surface area (Å²) >= 11 is 0. The van der Waals surface area contributed by atoms with Crippen LogP contribution in [-0.4, -0.2) is 23.3 Å². The van der Waals surface area contributed by atoms with Crippen LogP contribution in [0.1, 0.15) is 50.1 Å². The van der Waals surface area contributed by atoms with E-state index in [0.717, 1.165) is 123 Å². The third-order valence-corrected chi connectivity index (χ3v) is 20.5. The molecular formula is C92H68N6. The fourth-order valence-corrected chi connectivity index (χ4v) is 16.0. The van der Waals surface area contributed by atoms with E-state index in [4.69, 9.17) is 0 Å². The monoisotopic (exact) mass is 1260 g/mol. The predicted octanol–water partition coefficient (Wildman–Crippen LogP) is 24.1. The number of nitrogens with zero attached hydrogens (tertiary/aromatic N) is 6. The first-order valence-electron chi connectivity index (χ1n) is 33.9. The van der Waals surface area contributed by atoms with E-state index in [2.05, 4.69) is 339 Å². The van der Waals surface area contributed by atoms with E-state index < -0.39 is 0 Å². The van der Waals surface area contributed by atoms with Crippen LogP contribution in [0.5, 0.6) is 0 Å². The Morgan fingerprint density at radius 1 is 0.224 bits per heavy atom. The molecule has 0 unspecified atom stereocenters. The van der Waals surface area contributed by atoms with Crippen molar-refractivity contribution < 1.29 is 0 Å². The Bertz CT molecular complexity index is 6160. The molecule has 0 atom stereocenters. The first kappa shape index (κ1) is 58.3. The van der Waals surface area contributed by atoms with E-state index >= 15 is 0 Å². The van der Waals surface area contributed by atoms with Gasteiger partial charge in [0.05, 0.1) is 49.7 Å².